The fraction of sp³-hybridized carbons (Fsp3) is 0.400. The molecule has 140 valence electrons. The number of likely N-dealkylation sites (tertiary alicyclic amines) is 1. The fourth-order valence-corrected chi connectivity index (χ4v) is 4.13. The van der Waals surface area contributed by atoms with E-state index in [1.807, 2.05) is 12.2 Å². The van der Waals surface area contributed by atoms with Crippen molar-refractivity contribution in [2.24, 2.45) is 11.8 Å². The average Bonchev–Trinajstić information content (AvgIpc) is 2.88. The molecule has 1 aromatic rings. The Morgan fingerprint density at radius 1 is 1.07 bits per heavy atom. The zero-order valence-electron chi connectivity index (χ0n) is 15.3. The summed E-state index contributed by atoms with van der Waals surface area (Å²) in [5.74, 6) is -2.10. The van der Waals surface area contributed by atoms with Gasteiger partial charge in [0.15, 0.2) is 0 Å². The number of nitrogens with one attached hydrogen (secondary N) is 1. The molecule has 0 spiro atoms. The summed E-state index contributed by atoms with van der Waals surface area (Å²) in [4.78, 5) is 53.4. The molecule has 2 heterocycles. The Hall–Kier alpha value is -2.96. The van der Waals surface area contributed by atoms with Crippen molar-refractivity contribution in [3.8, 4) is 0 Å². The first-order valence-electron chi connectivity index (χ1n) is 9.06. The molecule has 1 aromatic carbocycles. The number of para-hydroxylation sites is 2. The molecule has 0 saturated carbocycles. The third-order valence-electron chi connectivity index (χ3n) is 5.65. The fourth-order valence-electron chi connectivity index (χ4n) is 4.13. The van der Waals surface area contributed by atoms with E-state index in [9.17, 15) is 19.2 Å². The minimum absolute atomic E-state index is 0.296. The second-order valence-corrected chi connectivity index (χ2v) is 7.68. The Kier molecular flexibility index (Phi) is 3.91. The molecule has 27 heavy (non-hydrogen) atoms. The number of fused-ring (bicyclic) bond motifs is 2. The zero-order valence-corrected chi connectivity index (χ0v) is 15.3. The Morgan fingerprint density at radius 2 is 1.67 bits per heavy atom. The molecule has 4 rings (SSSR count). The summed E-state index contributed by atoms with van der Waals surface area (Å²) in [6, 6.07) is 7.01. The van der Waals surface area contributed by atoms with Gasteiger partial charge in [-0.2, -0.15) is 0 Å². The molecule has 1 fully saturated rings. The first-order valence-corrected chi connectivity index (χ1v) is 9.06. The van der Waals surface area contributed by atoms with Gasteiger partial charge in [-0.15, -0.1) is 0 Å². The van der Waals surface area contributed by atoms with Crippen LogP contribution in [0.15, 0.2) is 36.4 Å². The summed E-state index contributed by atoms with van der Waals surface area (Å²) in [6.45, 7) is 2.94. The van der Waals surface area contributed by atoms with Crippen molar-refractivity contribution in [1.82, 2.24) is 4.90 Å². The van der Waals surface area contributed by atoms with Crippen LogP contribution in [0, 0.1) is 11.8 Å². The number of amides is 4. The number of hydrogen-bond acceptors (Lipinski definition) is 4. The summed E-state index contributed by atoms with van der Waals surface area (Å²) in [6.07, 6.45) is 4.87. The van der Waals surface area contributed by atoms with Gasteiger partial charge in [0, 0.05) is 0 Å². The molecule has 4 amide bonds. The predicted octanol–water partition coefficient (Wildman–Crippen LogP) is 1.70. The van der Waals surface area contributed by atoms with Gasteiger partial charge in [0.05, 0.1) is 23.2 Å². The van der Waals surface area contributed by atoms with E-state index in [0.717, 1.165) is 4.90 Å². The van der Waals surface area contributed by atoms with E-state index in [1.54, 1.807) is 38.1 Å². The lowest BCUT2D eigenvalue weighted by atomic mass is 9.85. The Balaban J connectivity index is 1.64. The molecule has 0 unspecified atom stereocenters. The van der Waals surface area contributed by atoms with Crippen molar-refractivity contribution in [3.05, 3.63) is 36.4 Å². The van der Waals surface area contributed by atoms with Gasteiger partial charge >= 0.3 is 0 Å². The highest BCUT2D eigenvalue weighted by atomic mass is 16.2. The lowest BCUT2D eigenvalue weighted by Crippen LogP contribution is -2.60. The number of hydrogen-bond donors (Lipinski definition) is 1. The maximum atomic E-state index is 13.2. The van der Waals surface area contributed by atoms with E-state index >= 15 is 0 Å². The standard InChI is InChI=1S/C20H21N3O4/c1-20(2)19(27)21-14-9-5-6-10-15(14)23(20)16(24)11-22-17(25)12-7-3-4-8-13(12)18(22)26/h3-6,9-10,12-13H,7-8,11H2,1-2H3,(H,21,27)/t12-,13+. The first-order chi connectivity index (χ1) is 12.8. The van der Waals surface area contributed by atoms with Crippen LogP contribution in [0.2, 0.25) is 0 Å². The summed E-state index contributed by atoms with van der Waals surface area (Å²) < 4.78 is 0. The van der Waals surface area contributed by atoms with Crippen molar-refractivity contribution < 1.29 is 19.2 Å². The molecule has 1 aliphatic carbocycles. The van der Waals surface area contributed by atoms with E-state index in [2.05, 4.69) is 5.32 Å². The van der Waals surface area contributed by atoms with Crippen molar-refractivity contribution in [3.63, 3.8) is 0 Å². The van der Waals surface area contributed by atoms with Crippen LogP contribution in [-0.2, 0) is 19.2 Å². The number of rotatable bonds is 2. The number of benzene rings is 1. The monoisotopic (exact) mass is 367 g/mol. The normalized spacial score (nSPS) is 25.9. The van der Waals surface area contributed by atoms with Crippen LogP contribution >= 0.6 is 0 Å². The highest BCUT2D eigenvalue weighted by Crippen LogP contribution is 2.38. The minimum atomic E-state index is -1.13. The van der Waals surface area contributed by atoms with Crippen molar-refractivity contribution in [2.45, 2.75) is 32.2 Å². The van der Waals surface area contributed by atoms with Crippen LogP contribution in [0.5, 0.6) is 0 Å². The van der Waals surface area contributed by atoms with Gasteiger partial charge in [-0.25, -0.2) is 0 Å². The van der Waals surface area contributed by atoms with E-state index < -0.39 is 11.4 Å². The Bertz CT molecular complexity index is 863. The molecule has 1 saturated heterocycles. The number of anilines is 2. The predicted molar refractivity (Wildman–Crippen MR) is 98.7 cm³/mol. The Morgan fingerprint density at radius 3 is 2.30 bits per heavy atom. The van der Waals surface area contributed by atoms with Crippen LogP contribution in [0.3, 0.4) is 0 Å². The molecule has 2 atom stereocenters. The second-order valence-electron chi connectivity index (χ2n) is 7.68. The number of carbonyl (C=O) groups is 4. The van der Waals surface area contributed by atoms with Gasteiger partial charge in [0.25, 0.3) is 0 Å². The summed E-state index contributed by atoms with van der Waals surface area (Å²) in [5, 5.41) is 2.80. The molecule has 0 aromatic heterocycles. The maximum Gasteiger partial charge on any atom is 0.250 e. The summed E-state index contributed by atoms with van der Waals surface area (Å²) in [5.41, 5.74) is -0.0385. The highest BCUT2D eigenvalue weighted by Gasteiger charge is 2.50. The number of carbonyl (C=O) groups excluding carboxylic acids is 4. The van der Waals surface area contributed by atoms with E-state index in [0.29, 0.717) is 24.2 Å². The zero-order chi connectivity index (χ0) is 19.3. The lowest BCUT2D eigenvalue weighted by Gasteiger charge is -2.42. The maximum absolute atomic E-state index is 13.2. The molecule has 1 N–H and O–H groups in total. The van der Waals surface area contributed by atoms with Crippen molar-refractivity contribution in [2.75, 3.05) is 16.8 Å². The molecule has 7 nitrogen and oxygen atoms in total. The number of nitrogens with zero attached hydrogens (tertiary/aromatic N) is 2. The molecule has 2 aliphatic heterocycles. The smallest absolute Gasteiger partial charge is 0.250 e. The van der Waals surface area contributed by atoms with Crippen LogP contribution in [0.4, 0.5) is 11.4 Å². The largest absolute Gasteiger partial charge is 0.322 e. The van der Waals surface area contributed by atoms with E-state index in [-0.39, 0.29) is 36.1 Å². The van der Waals surface area contributed by atoms with Gasteiger partial charge in [-0.3, -0.25) is 29.0 Å². The van der Waals surface area contributed by atoms with Crippen LogP contribution < -0.4 is 10.2 Å². The highest BCUT2D eigenvalue weighted by molar-refractivity contribution is 6.16. The van der Waals surface area contributed by atoms with E-state index in [4.69, 9.17) is 0 Å². The van der Waals surface area contributed by atoms with Crippen LogP contribution in [-0.4, -0.2) is 40.6 Å². The van der Waals surface area contributed by atoms with E-state index in [1.165, 1.54) is 4.90 Å². The van der Waals surface area contributed by atoms with Crippen molar-refractivity contribution in [1.29, 1.82) is 0 Å². The SMILES string of the molecule is CC1(C)C(=O)Nc2ccccc2N1C(=O)CN1C(=O)[C@H]2CC=CC[C@H]2C1=O. The van der Waals surface area contributed by atoms with Gasteiger partial charge in [-0.1, -0.05) is 24.3 Å². The van der Waals surface area contributed by atoms with Gasteiger partial charge in [-0.05, 0) is 38.8 Å². The molecule has 3 aliphatic rings. The molecular weight excluding hydrogens is 346 g/mol. The molecule has 0 bridgehead atoms. The van der Waals surface area contributed by atoms with Gasteiger partial charge in [0.2, 0.25) is 23.6 Å². The second kappa shape index (κ2) is 6.04. The molecular formula is C20H21N3O4. The average molecular weight is 367 g/mol. The first kappa shape index (κ1) is 17.5. The third kappa shape index (κ3) is 2.57. The summed E-state index contributed by atoms with van der Waals surface area (Å²) in [7, 11) is 0. The van der Waals surface area contributed by atoms with Crippen molar-refractivity contribution >= 4 is 35.0 Å². The topological polar surface area (TPSA) is 86.8 Å². The molecule has 7 heteroatoms. The number of allylic oxidation sites excluding steroid dienone is 2. The Labute approximate surface area is 157 Å². The molecule has 0 radical (unpaired) electrons. The lowest BCUT2D eigenvalue weighted by molar-refractivity contribution is -0.143. The summed E-state index contributed by atoms with van der Waals surface area (Å²) >= 11 is 0. The minimum Gasteiger partial charge on any atom is -0.322 e. The quantitative estimate of drug-likeness (QED) is 0.637. The van der Waals surface area contributed by atoms with Crippen LogP contribution in [0.1, 0.15) is 26.7 Å². The van der Waals surface area contributed by atoms with Crippen LogP contribution in [0.25, 0.3) is 0 Å². The van der Waals surface area contributed by atoms with Gasteiger partial charge < -0.3 is 5.32 Å². The third-order valence-corrected chi connectivity index (χ3v) is 5.65. The van der Waals surface area contributed by atoms with Gasteiger partial charge in [0.1, 0.15) is 12.1 Å². The number of imide groups is 1.